The molecule has 0 unspecified atom stereocenters. The number of rotatable bonds is 7. The number of morpholine rings is 1. The van der Waals surface area contributed by atoms with Crippen LogP contribution >= 0.6 is 0 Å². The number of carbonyl (C=O) groups is 1. The Morgan fingerprint density at radius 1 is 1.20 bits per heavy atom. The maximum atomic E-state index is 12.5. The van der Waals surface area contributed by atoms with Crippen molar-refractivity contribution in [1.82, 2.24) is 25.0 Å². The largest absolute Gasteiger partial charge is 0.379 e. The minimum atomic E-state index is -0.0378. The van der Waals surface area contributed by atoms with Gasteiger partial charge in [0.05, 0.1) is 18.9 Å². The molecule has 7 nitrogen and oxygen atoms in total. The van der Waals surface area contributed by atoms with E-state index in [2.05, 4.69) is 51.5 Å². The van der Waals surface area contributed by atoms with Crippen LogP contribution in [0.4, 0.5) is 0 Å². The summed E-state index contributed by atoms with van der Waals surface area (Å²) in [5, 5.41) is 8.63. The molecule has 0 aliphatic carbocycles. The number of nitrogens with one attached hydrogen (secondary N) is 1. The van der Waals surface area contributed by atoms with Crippen molar-refractivity contribution in [3.05, 3.63) is 47.8 Å². The molecule has 158 valence electrons. The molecule has 7 heteroatoms. The third kappa shape index (κ3) is 4.68. The van der Waals surface area contributed by atoms with Gasteiger partial charge in [-0.05, 0) is 44.0 Å². The fourth-order valence-electron chi connectivity index (χ4n) is 3.99. The van der Waals surface area contributed by atoms with Crippen molar-refractivity contribution in [3.8, 4) is 11.1 Å². The normalized spacial score (nSPS) is 14.9. The first kappa shape index (κ1) is 20.5. The average molecular weight is 408 g/mol. The quantitative estimate of drug-likeness (QED) is 0.610. The first-order valence-corrected chi connectivity index (χ1v) is 10.6. The number of aryl methyl sites for hydroxylation is 2. The molecule has 1 aliphatic rings. The lowest BCUT2D eigenvalue weighted by atomic mass is 10.0. The summed E-state index contributed by atoms with van der Waals surface area (Å²) >= 11 is 0. The van der Waals surface area contributed by atoms with Crippen LogP contribution in [0.5, 0.6) is 0 Å². The molecule has 1 aliphatic heterocycles. The predicted molar refractivity (Wildman–Crippen MR) is 117 cm³/mol. The number of hydrogen-bond donors (Lipinski definition) is 1. The van der Waals surface area contributed by atoms with Gasteiger partial charge in [0, 0.05) is 31.2 Å². The lowest BCUT2D eigenvalue weighted by Gasteiger charge is -2.26. The summed E-state index contributed by atoms with van der Waals surface area (Å²) in [6.45, 7) is 9.42. The van der Waals surface area contributed by atoms with E-state index >= 15 is 0 Å². The lowest BCUT2D eigenvalue weighted by molar-refractivity contribution is -0.121. The zero-order chi connectivity index (χ0) is 20.9. The highest BCUT2D eigenvalue weighted by molar-refractivity contribution is 5.95. The molecule has 0 saturated carbocycles. The summed E-state index contributed by atoms with van der Waals surface area (Å²) < 4.78 is 7.07. The Balaban J connectivity index is 1.42. The smallest absolute Gasteiger partial charge is 0.241 e. The lowest BCUT2D eigenvalue weighted by Crippen LogP contribution is -2.38. The van der Waals surface area contributed by atoms with Crippen molar-refractivity contribution in [3.63, 3.8) is 0 Å². The Bertz CT molecular complexity index is 1020. The predicted octanol–water partition coefficient (Wildman–Crippen LogP) is 2.55. The molecule has 0 atom stereocenters. The number of aromatic nitrogens is 3. The number of hydrogen-bond acceptors (Lipinski definition) is 5. The molecule has 0 radical (unpaired) electrons. The first-order chi connectivity index (χ1) is 14.6. The highest BCUT2D eigenvalue weighted by atomic mass is 16.5. The van der Waals surface area contributed by atoms with Gasteiger partial charge < -0.3 is 10.1 Å². The van der Waals surface area contributed by atoms with Crippen molar-refractivity contribution >= 4 is 16.9 Å². The van der Waals surface area contributed by atoms with Gasteiger partial charge in [0.25, 0.3) is 0 Å². The third-order valence-electron chi connectivity index (χ3n) is 5.51. The van der Waals surface area contributed by atoms with E-state index in [1.807, 2.05) is 13.0 Å². The van der Waals surface area contributed by atoms with Crippen molar-refractivity contribution in [1.29, 1.82) is 0 Å². The van der Waals surface area contributed by atoms with Crippen LogP contribution in [-0.2, 0) is 16.1 Å². The van der Waals surface area contributed by atoms with E-state index in [4.69, 9.17) is 4.74 Å². The summed E-state index contributed by atoms with van der Waals surface area (Å²) in [6, 6.07) is 10.4. The Morgan fingerprint density at radius 2 is 2.03 bits per heavy atom. The van der Waals surface area contributed by atoms with E-state index in [1.54, 1.807) is 10.9 Å². The van der Waals surface area contributed by atoms with Crippen LogP contribution in [0.2, 0.25) is 0 Å². The summed E-state index contributed by atoms with van der Waals surface area (Å²) in [7, 11) is 0. The van der Waals surface area contributed by atoms with Gasteiger partial charge in [0.2, 0.25) is 5.91 Å². The van der Waals surface area contributed by atoms with Crippen molar-refractivity contribution in [2.24, 2.45) is 0 Å². The molecule has 1 N–H and O–H groups in total. The number of ether oxygens (including phenoxy) is 1. The van der Waals surface area contributed by atoms with Gasteiger partial charge in [0.1, 0.15) is 6.54 Å². The van der Waals surface area contributed by atoms with E-state index in [-0.39, 0.29) is 12.5 Å². The molecule has 1 saturated heterocycles. The van der Waals surface area contributed by atoms with Gasteiger partial charge >= 0.3 is 0 Å². The van der Waals surface area contributed by atoms with Gasteiger partial charge in [-0.1, -0.05) is 29.8 Å². The van der Waals surface area contributed by atoms with Crippen LogP contribution in [-0.4, -0.2) is 65.0 Å². The highest BCUT2D eigenvalue weighted by Crippen LogP contribution is 2.30. The summed E-state index contributed by atoms with van der Waals surface area (Å²) in [5.41, 5.74) is 5.07. The maximum absolute atomic E-state index is 12.5. The standard InChI is InChI=1S/C23H29N5O2/c1-17-5-3-6-19(15-17)20-7-9-25-23-22(20)18(2)26-28(23)16-21(29)24-8-4-10-27-11-13-30-14-12-27/h3,5-7,9,15H,4,8,10-14,16H2,1-2H3,(H,24,29). The molecule has 3 heterocycles. The van der Waals surface area contributed by atoms with Gasteiger partial charge in [-0.15, -0.1) is 0 Å². The minimum Gasteiger partial charge on any atom is -0.379 e. The molecule has 1 amide bonds. The van der Waals surface area contributed by atoms with E-state index in [0.717, 1.165) is 67.1 Å². The van der Waals surface area contributed by atoms with E-state index in [9.17, 15) is 4.79 Å². The molecule has 0 spiro atoms. The number of amides is 1. The maximum Gasteiger partial charge on any atom is 0.241 e. The monoisotopic (exact) mass is 407 g/mol. The summed E-state index contributed by atoms with van der Waals surface area (Å²) in [5.74, 6) is -0.0378. The molecular weight excluding hydrogens is 378 g/mol. The second kappa shape index (κ2) is 9.36. The minimum absolute atomic E-state index is 0.0378. The van der Waals surface area contributed by atoms with Crippen LogP contribution < -0.4 is 5.32 Å². The molecule has 1 aromatic carbocycles. The molecule has 30 heavy (non-hydrogen) atoms. The van der Waals surface area contributed by atoms with Crippen LogP contribution in [0, 0.1) is 13.8 Å². The van der Waals surface area contributed by atoms with Gasteiger partial charge in [-0.3, -0.25) is 9.69 Å². The summed E-state index contributed by atoms with van der Waals surface area (Å²) in [4.78, 5) is 19.4. The number of benzene rings is 1. The Labute approximate surface area is 177 Å². The second-order valence-corrected chi connectivity index (χ2v) is 7.83. The second-order valence-electron chi connectivity index (χ2n) is 7.83. The molecular formula is C23H29N5O2. The van der Waals surface area contributed by atoms with Crippen LogP contribution in [0.25, 0.3) is 22.2 Å². The van der Waals surface area contributed by atoms with Crippen molar-refractivity contribution < 1.29 is 9.53 Å². The van der Waals surface area contributed by atoms with Crippen LogP contribution in [0.1, 0.15) is 17.7 Å². The first-order valence-electron chi connectivity index (χ1n) is 10.6. The highest BCUT2D eigenvalue weighted by Gasteiger charge is 2.16. The molecule has 1 fully saturated rings. The number of nitrogens with zero attached hydrogens (tertiary/aromatic N) is 4. The Morgan fingerprint density at radius 3 is 2.83 bits per heavy atom. The number of fused-ring (bicyclic) bond motifs is 1. The third-order valence-corrected chi connectivity index (χ3v) is 5.51. The van der Waals surface area contributed by atoms with Gasteiger partial charge in [-0.2, -0.15) is 5.10 Å². The molecule has 0 bridgehead atoms. The van der Waals surface area contributed by atoms with Gasteiger partial charge in [-0.25, -0.2) is 9.67 Å². The zero-order valence-corrected chi connectivity index (χ0v) is 17.7. The number of pyridine rings is 1. The molecule has 3 aromatic rings. The van der Waals surface area contributed by atoms with Crippen molar-refractivity contribution in [2.45, 2.75) is 26.8 Å². The zero-order valence-electron chi connectivity index (χ0n) is 17.7. The van der Waals surface area contributed by atoms with Crippen LogP contribution in [0.3, 0.4) is 0 Å². The van der Waals surface area contributed by atoms with Gasteiger partial charge in [0.15, 0.2) is 5.65 Å². The molecule has 4 rings (SSSR count). The fraction of sp³-hybridized carbons (Fsp3) is 0.435. The van der Waals surface area contributed by atoms with E-state index in [1.165, 1.54) is 5.56 Å². The Kier molecular flexibility index (Phi) is 6.40. The molecule has 2 aromatic heterocycles. The average Bonchev–Trinajstić information content (AvgIpc) is 3.07. The fourth-order valence-corrected chi connectivity index (χ4v) is 3.99. The summed E-state index contributed by atoms with van der Waals surface area (Å²) in [6.07, 6.45) is 2.72. The van der Waals surface area contributed by atoms with E-state index < -0.39 is 0 Å². The van der Waals surface area contributed by atoms with Crippen LogP contribution in [0.15, 0.2) is 36.5 Å². The van der Waals surface area contributed by atoms with E-state index in [0.29, 0.717) is 6.54 Å². The topological polar surface area (TPSA) is 72.3 Å². The SMILES string of the molecule is Cc1cccc(-c2ccnc3c2c(C)nn3CC(=O)NCCCN2CCOCC2)c1. The van der Waals surface area contributed by atoms with Crippen molar-refractivity contribution in [2.75, 3.05) is 39.4 Å². The Hall–Kier alpha value is -2.77. The number of carbonyl (C=O) groups excluding carboxylic acids is 1.